The molecule has 7 nitrogen and oxygen atoms in total. The lowest BCUT2D eigenvalue weighted by molar-refractivity contribution is -0.136. The van der Waals surface area contributed by atoms with Gasteiger partial charge in [-0.05, 0) is 29.7 Å². The molecule has 1 heterocycles. The summed E-state index contributed by atoms with van der Waals surface area (Å²) in [5, 5.41) is 5.48. The summed E-state index contributed by atoms with van der Waals surface area (Å²) < 4.78 is 16.3. The van der Waals surface area contributed by atoms with Gasteiger partial charge < -0.3 is 24.8 Å². The Hall–Kier alpha value is -3.48. The summed E-state index contributed by atoms with van der Waals surface area (Å²) in [6.45, 7) is 2.22. The van der Waals surface area contributed by atoms with Crippen LogP contribution in [0.25, 0.3) is 0 Å². The van der Waals surface area contributed by atoms with Crippen molar-refractivity contribution < 1.29 is 23.8 Å². The first kappa shape index (κ1) is 20.3. The topological polar surface area (TPSA) is 85.9 Å². The van der Waals surface area contributed by atoms with Crippen molar-refractivity contribution in [2.24, 2.45) is 0 Å². The van der Waals surface area contributed by atoms with Gasteiger partial charge in [0.2, 0.25) is 0 Å². The van der Waals surface area contributed by atoms with Crippen LogP contribution >= 0.6 is 0 Å². The van der Waals surface area contributed by atoms with Crippen molar-refractivity contribution in [3.63, 3.8) is 0 Å². The molecule has 1 unspecified atom stereocenters. The summed E-state index contributed by atoms with van der Waals surface area (Å²) in [6.07, 6.45) is 0.488. The lowest BCUT2D eigenvalue weighted by atomic mass is 9.94. The molecule has 1 aliphatic heterocycles. The Morgan fingerprint density at radius 3 is 2.48 bits per heavy atom. The fourth-order valence-corrected chi connectivity index (χ4v) is 3.22. The quantitative estimate of drug-likeness (QED) is 0.700. The highest BCUT2D eigenvalue weighted by Gasteiger charge is 2.33. The van der Waals surface area contributed by atoms with Crippen LogP contribution in [0.2, 0.25) is 0 Å². The Morgan fingerprint density at radius 2 is 1.83 bits per heavy atom. The van der Waals surface area contributed by atoms with Crippen molar-refractivity contribution in [1.29, 1.82) is 0 Å². The highest BCUT2D eigenvalue weighted by atomic mass is 16.5. The summed E-state index contributed by atoms with van der Waals surface area (Å²) in [5.41, 5.74) is 2.61. The average molecular weight is 396 g/mol. The van der Waals surface area contributed by atoms with E-state index >= 15 is 0 Å². The molecule has 0 spiro atoms. The van der Waals surface area contributed by atoms with Gasteiger partial charge in [-0.25, -0.2) is 9.59 Å². The summed E-state index contributed by atoms with van der Waals surface area (Å²) in [6, 6.07) is 14.0. The van der Waals surface area contributed by atoms with Crippen molar-refractivity contribution in [3.05, 3.63) is 70.9 Å². The Labute approximate surface area is 169 Å². The molecule has 1 atom stereocenters. The fraction of sp³-hybridized carbons (Fsp3) is 0.273. The summed E-state index contributed by atoms with van der Waals surface area (Å²) >= 11 is 0. The molecule has 29 heavy (non-hydrogen) atoms. The van der Waals surface area contributed by atoms with E-state index in [0.29, 0.717) is 41.4 Å². The molecule has 0 radical (unpaired) electrons. The van der Waals surface area contributed by atoms with E-state index in [9.17, 15) is 9.59 Å². The number of allylic oxidation sites excluding steroid dienone is 1. The molecule has 2 N–H and O–H groups in total. The van der Waals surface area contributed by atoms with Crippen molar-refractivity contribution in [2.75, 3.05) is 14.2 Å². The number of carbonyl (C=O) groups excluding carboxylic acids is 2. The van der Waals surface area contributed by atoms with Crippen molar-refractivity contribution in [2.45, 2.75) is 26.0 Å². The number of hydrogen-bond donors (Lipinski definition) is 2. The van der Waals surface area contributed by atoms with E-state index in [-0.39, 0.29) is 6.03 Å². The minimum atomic E-state index is -0.656. The molecule has 0 fully saturated rings. The molecular weight excluding hydrogens is 372 g/mol. The standard InChI is InChI=1S/C22H24N2O5/c1-4-16-19(21(25)28-3)20(24-22(26)23-16)15-10-11-17(27-2)18(12-15)29-13-14-8-6-5-7-9-14/h5-12,20H,4,13H2,1-3H3,(H2,23,24,26). The van der Waals surface area contributed by atoms with Gasteiger partial charge in [0, 0.05) is 5.70 Å². The third-order valence-electron chi connectivity index (χ3n) is 4.67. The van der Waals surface area contributed by atoms with Crippen molar-refractivity contribution >= 4 is 12.0 Å². The molecule has 0 aromatic heterocycles. The zero-order valence-corrected chi connectivity index (χ0v) is 16.7. The van der Waals surface area contributed by atoms with Gasteiger partial charge in [-0.15, -0.1) is 0 Å². The Kier molecular flexibility index (Phi) is 6.39. The third-order valence-corrected chi connectivity index (χ3v) is 4.67. The van der Waals surface area contributed by atoms with Crippen molar-refractivity contribution in [1.82, 2.24) is 10.6 Å². The molecular formula is C22H24N2O5. The first-order chi connectivity index (χ1) is 14.1. The van der Waals surface area contributed by atoms with E-state index < -0.39 is 12.0 Å². The summed E-state index contributed by atoms with van der Waals surface area (Å²) in [5.74, 6) is 0.579. The van der Waals surface area contributed by atoms with Crippen LogP contribution < -0.4 is 20.1 Å². The molecule has 3 rings (SSSR count). The van der Waals surface area contributed by atoms with Crippen LogP contribution in [0.4, 0.5) is 4.79 Å². The van der Waals surface area contributed by atoms with E-state index in [2.05, 4.69) is 10.6 Å². The first-order valence-electron chi connectivity index (χ1n) is 9.30. The van der Waals surface area contributed by atoms with Crippen LogP contribution in [0, 0.1) is 0 Å². The first-order valence-corrected chi connectivity index (χ1v) is 9.30. The minimum Gasteiger partial charge on any atom is -0.493 e. The molecule has 1 aliphatic rings. The van der Waals surface area contributed by atoms with Crippen molar-refractivity contribution in [3.8, 4) is 11.5 Å². The predicted molar refractivity (Wildman–Crippen MR) is 108 cm³/mol. The van der Waals surface area contributed by atoms with Gasteiger partial charge in [0.15, 0.2) is 11.5 Å². The maximum atomic E-state index is 12.4. The van der Waals surface area contributed by atoms with Gasteiger partial charge in [0.05, 0.1) is 25.8 Å². The normalized spacial score (nSPS) is 16.0. The maximum Gasteiger partial charge on any atom is 0.337 e. The molecule has 7 heteroatoms. The summed E-state index contributed by atoms with van der Waals surface area (Å²) in [7, 11) is 2.88. The number of benzene rings is 2. The van der Waals surface area contributed by atoms with Gasteiger partial charge >= 0.3 is 12.0 Å². The van der Waals surface area contributed by atoms with Gasteiger partial charge in [0.1, 0.15) is 6.61 Å². The van der Waals surface area contributed by atoms with Crippen LogP contribution in [0.5, 0.6) is 11.5 Å². The highest BCUT2D eigenvalue weighted by molar-refractivity contribution is 5.95. The van der Waals surface area contributed by atoms with Crippen LogP contribution in [0.3, 0.4) is 0 Å². The number of hydrogen-bond acceptors (Lipinski definition) is 5. The Bertz CT molecular complexity index is 924. The number of urea groups is 1. The monoisotopic (exact) mass is 396 g/mol. The number of methoxy groups -OCH3 is 2. The zero-order chi connectivity index (χ0) is 20.8. The number of nitrogens with one attached hydrogen (secondary N) is 2. The number of carbonyl (C=O) groups is 2. The average Bonchev–Trinajstić information content (AvgIpc) is 2.76. The Morgan fingerprint density at radius 1 is 1.07 bits per heavy atom. The fourth-order valence-electron chi connectivity index (χ4n) is 3.22. The van der Waals surface area contributed by atoms with Gasteiger partial charge in [0.25, 0.3) is 0 Å². The second-order valence-electron chi connectivity index (χ2n) is 6.45. The molecule has 2 aromatic rings. The van der Waals surface area contributed by atoms with Crippen LogP contribution in [-0.2, 0) is 16.1 Å². The van der Waals surface area contributed by atoms with Gasteiger partial charge in [-0.2, -0.15) is 0 Å². The largest absolute Gasteiger partial charge is 0.493 e. The van der Waals surface area contributed by atoms with Crippen LogP contribution in [0.15, 0.2) is 59.8 Å². The van der Waals surface area contributed by atoms with Crippen LogP contribution in [0.1, 0.15) is 30.5 Å². The van der Waals surface area contributed by atoms with E-state index in [1.54, 1.807) is 25.3 Å². The molecule has 2 aromatic carbocycles. The summed E-state index contributed by atoms with van der Waals surface area (Å²) in [4.78, 5) is 24.5. The van der Waals surface area contributed by atoms with E-state index in [4.69, 9.17) is 14.2 Å². The number of ether oxygens (including phenoxy) is 3. The number of rotatable bonds is 7. The molecule has 152 valence electrons. The predicted octanol–water partition coefficient (Wildman–Crippen LogP) is 3.47. The highest BCUT2D eigenvalue weighted by Crippen LogP contribution is 2.35. The smallest absolute Gasteiger partial charge is 0.337 e. The van der Waals surface area contributed by atoms with E-state index in [0.717, 1.165) is 5.56 Å². The molecule has 2 amide bonds. The SMILES string of the molecule is CCC1=C(C(=O)OC)C(c2ccc(OC)c(OCc3ccccc3)c2)NC(=O)N1. The lowest BCUT2D eigenvalue weighted by Gasteiger charge is -2.29. The minimum absolute atomic E-state index is 0.360. The lowest BCUT2D eigenvalue weighted by Crippen LogP contribution is -2.45. The van der Waals surface area contributed by atoms with Gasteiger partial charge in [-0.3, -0.25) is 0 Å². The Balaban J connectivity index is 1.96. The van der Waals surface area contributed by atoms with E-state index in [1.807, 2.05) is 37.3 Å². The van der Waals surface area contributed by atoms with Crippen LogP contribution in [-0.4, -0.2) is 26.2 Å². The molecule has 0 bridgehead atoms. The number of amides is 2. The van der Waals surface area contributed by atoms with E-state index in [1.165, 1.54) is 7.11 Å². The van der Waals surface area contributed by atoms with Gasteiger partial charge in [-0.1, -0.05) is 43.3 Å². The molecule has 0 saturated heterocycles. The molecule has 0 aliphatic carbocycles. The second-order valence-corrected chi connectivity index (χ2v) is 6.45. The second kappa shape index (κ2) is 9.14. The zero-order valence-electron chi connectivity index (χ0n) is 16.7. The third kappa shape index (κ3) is 4.51. The maximum absolute atomic E-state index is 12.4. The number of esters is 1. The molecule has 0 saturated carbocycles.